The largest absolute Gasteiger partial charge is 0.325 e. The van der Waals surface area contributed by atoms with Crippen LogP contribution >= 0.6 is 11.6 Å². The predicted octanol–water partition coefficient (Wildman–Crippen LogP) is 4.66. The molecule has 0 bridgehead atoms. The Kier molecular flexibility index (Phi) is 4.40. The van der Waals surface area contributed by atoms with Crippen molar-refractivity contribution in [3.8, 4) is 0 Å². The molecule has 2 saturated heterocycles. The van der Waals surface area contributed by atoms with Gasteiger partial charge in [0, 0.05) is 27.9 Å². The summed E-state index contributed by atoms with van der Waals surface area (Å²) in [7, 11) is 0. The van der Waals surface area contributed by atoms with Crippen molar-refractivity contribution in [2.75, 3.05) is 17.2 Å². The van der Waals surface area contributed by atoms with Gasteiger partial charge in [-0.05, 0) is 49.6 Å². The fourth-order valence-electron chi connectivity index (χ4n) is 7.55. The number of hydrogen-bond donors (Lipinski definition) is 2. The maximum atomic E-state index is 14.4. The van der Waals surface area contributed by atoms with Crippen LogP contribution in [0.4, 0.5) is 11.4 Å². The number of anilines is 2. The Labute approximate surface area is 213 Å². The van der Waals surface area contributed by atoms with Gasteiger partial charge in [0.1, 0.15) is 11.0 Å². The lowest BCUT2D eigenvalue weighted by Crippen LogP contribution is -2.62. The summed E-state index contributed by atoms with van der Waals surface area (Å²) in [5.41, 5.74) is 1.22. The number of Topliss-reactive ketones (excluding diaryl/α,β-unsaturated/α-hetero) is 1. The summed E-state index contributed by atoms with van der Waals surface area (Å²) in [6, 6.07) is 20.0. The molecule has 7 rings (SSSR count). The monoisotopic (exact) mass is 497 g/mol. The van der Waals surface area contributed by atoms with Crippen LogP contribution in [-0.2, 0) is 20.5 Å². The van der Waals surface area contributed by atoms with Crippen molar-refractivity contribution in [1.29, 1.82) is 0 Å². The van der Waals surface area contributed by atoms with E-state index in [1.54, 1.807) is 18.2 Å². The van der Waals surface area contributed by atoms with E-state index in [2.05, 4.69) is 15.5 Å². The van der Waals surface area contributed by atoms with Crippen LogP contribution < -0.4 is 10.6 Å². The number of fused-ring (bicyclic) bond motifs is 7. The van der Waals surface area contributed by atoms with Gasteiger partial charge >= 0.3 is 0 Å². The number of ketones is 1. The number of para-hydroxylation sites is 1. The summed E-state index contributed by atoms with van der Waals surface area (Å²) >= 11 is 6.47. The fraction of sp³-hybridized carbons (Fsp3) is 0.276. The van der Waals surface area contributed by atoms with Gasteiger partial charge in [0.15, 0.2) is 5.78 Å². The zero-order valence-corrected chi connectivity index (χ0v) is 20.4. The molecule has 36 heavy (non-hydrogen) atoms. The molecular formula is C29H24ClN3O3. The standard InChI is InChI=1S/C29H24ClN3O3/c1-16-20(30)14-13-19-24(16)32-27(36)29(19)28(18-10-5-6-11-21(18)31-26(28)35)23(22-12-7-15-33(22)29)25(34)17-8-3-2-4-9-17/h2-6,8-11,13-14,22-23H,7,12,15H2,1H3,(H,31,35)(H,32,36)/t22-,23-,28+,29+/m0/s1. The van der Waals surface area contributed by atoms with Gasteiger partial charge in [-0.3, -0.25) is 19.3 Å². The van der Waals surface area contributed by atoms with Crippen molar-refractivity contribution in [2.24, 2.45) is 5.92 Å². The highest BCUT2D eigenvalue weighted by molar-refractivity contribution is 6.32. The van der Waals surface area contributed by atoms with E-state index in [0.29, 0.717) is 34.1 Å². The number of nitrogens with zero attached hydrogens (tertiary/aromatic N) is 1. The SMILES string of the molecule is Cc1c(Cl)ccc2c1NC(=O)[C@]21N2CCC[C@H]2[C@@H](C(=O)c2ccccc2)[C@]12C(=O)Nc1ccccc12. The maximum Gasteiger partial charge on any atom is 0.251 e. The molecule has 4 aliphatic rings. The number of amides is 2. The summed E-state index contributed by atoms with van der Waals surface area (Å²) < 4.78 is 0. The molecule has 0 radical (unpaired) electrons. The average Bonchev–Trinajstić information content (AvgIpc) is 3.61. The minimum absolute atomic E-state index is 0.108. The number of rotatable bonds is 2. The van der Waals surface area contributed by atoms with Gasteiger partial charge in [-0.2, -0.15) is 0 Å². The topological polar surface area (TPSA) is 78.5 Å². The number of halogens is 1. The number of benzene rings is 3. The van der Waals surface area contributed by atoms with Crippen LogP contribution in [0.15, 0.2) is 66.7 Å². The molecule has 180 valence electrons. The molecule has 0 aliphatic carbocycles. The average molecular weight is 498 g/mol. The maximum absolute atomic E-state index is 14.4. The van der Waals surface area contributed by atoms with Crippen LogP contribution in [-0.4, -0.2) is 35.1 Å². The van der Waals surface area contributed by atoms with Gasteiger partial charge in [-0.15, -0.1) is 0 Å². The van der Waals surface area contributed by atoms with Crippen LogP contribution in [0.25, 0.3) is 0 Å². The predicted molar refractivity (Wildman–Crippen MR) is 137 cm³/mol. The van der Waals surface area contributed by atoms with E-state index in [1.165, 1.54) is 0 Å². The summed E-state index contributed by atoms with van der Waals surface area (Å²) in [5.74, 6) is -1.42. The first kappa shape index (κ1) is 21.8. The van der Waals surface area contributed by atoms with E-state index in [4.69, 9.17) is 11.6 Å². The first-order chi connectivity index (χ1) is 17.4. The fourth-order valence-corrected chi connectivity index (χ4v) is 7.71. The molecule has 2 N–H and O–H groups in total. The zero-order chi connectivity index (χ0) is 24.8. The van der Waals surface area contributed by atoms with Crippen molar-refractivity contribution >= 4 is 40.6 Å². The Bertz CT molecular complexity index is 1490. The van der Waals surface area contributed by atoms with Crippen LogP contribution in [0.3, 0.4) is 0 Å². The van der Waals surface area contributed by atoms with Gasteiger partial charge < -0.3 is 10.6 Å². The van der Waals surface area contributed by atoms with Crippen molar-refractivity contribution < 1.29 is 14.4 Å². The van der Waals surface area contributed by atoms with Crippen LogP contribution in [0.5, 0.6) is 0 Å². The van der Waals surface area contributed by atoms with Gasteiger partial charge in [0.25, 0.3) is 5.91 Å². The normalized spacial score (nSPS) is 29.8. The summed E-state index contributed by atoms with van der Waals surface area (Å²) in [6.07, 6.45) is 1.58. The second-order valence-electron chi connectivity index (χ2n) is 10.2. The van der Waals surface area contributed by atoms with Crippen LogP contribution in [0.1, 0.15) is 39.9 Å². The molecule has 0 aromatic heterocycles. The highest BCUT2D eigenvalue weighted by Crippen LogP contribution is 2.68. The Morgan fingerprint density at radius 2 is 1.69 bits per heavy atom. The molecule has 0 saturated carbocycles. The molecule has 3 aromatic carbocycles. The summed E-state index contributed by atoms with van der Waals surface area (Å²) in [5, 5.41) is 6.70. The summed E-state index contributed by atoms with van der Waals surface area (Å²) in [4.78, 5) is 45.4. The molecule has 2 amide bonds. The lowest BCUT2D eigenvalue weighted by atomic mass is 9.57. The van der Waals surface area contributed by atoms with Gasteiger partial charge in [0.05, 0.1) is 11.6 Å². The Morgan fingerprint density at radius 1 is 0.944 bits per heavy atom. The second-order valence-corrected chi connectivity index (χ2v) is 10.6. The molecule has 2 spiro atoms. The third-order valence-corrected chi connectivity index (χ3v) is 9.22. The molecule has 6 nitrogen and oxygen atoms in total. The lowest BCUT2D eigenvalue weighted by Gasteiger charge is -2.43. The number of hydrogen-bond acceptors (Lipinski definition) is 4. The number of nitrogens with one attached hydrogen (secondary N) is 2. The minimum Gasteiger partial charge on any atom is -0.325 e. The Hall–Kier alpha value is -3.48. The lowest BCUT2D eigenvalue weighted by molar-refractivity contribution is -0.137. The Balaban J connectivity index is 1.61. The van der Waals surface area contributed by atoms with Gasteiger partial charge in [-0.1, -0.05) is 66.2 Å². The molecule has 4 heterocycles. The van der Waals surface area contributed by atoms with Crippen molar-refractivity contribution in [3.63, 3.8) is 0 Å². The minimum atomic E-state index is -1.43. The number of carbonyl (C=O) groups excluding carboxylic acids is 3. The molecule has 4 aliphatic heterocycles. The van der Waals surface area contributed by atoms with Crippen molar-refractivity contribution in [3.05, 3.63) is 94.0 Å². The van der Waals surface area contributed by atoms with E-state index in [1.807, 2.05) is 55.5 Å². The van der Waals surface area contributed by atoms with Gasteiger partial charge in [-0.25, -0.2) is 0 Å². The van der Waals surface area contributed by atoms with Crippen molar-refractivity contribution in [2.45, 2.75) is 36.8 Å². The van der Waals surface area contributed by atoms with Crippen LogP contribution in [0, 0.1) is 12.8 Å². The second kappa shape index (κ2) is 7.28. The third kappa shape index (κ3) is 2.30. The summed E-state index contributed by atoms with van der Waals surface area (Å²) in [6.45, 7) is 2.49. The quantitative estimate of drug-likeness (QED) is 0.505. The molecule has 4 atom stereocenters. The van der Waals surface area contributed by atoms with Gasteiger partial charge in [0.2, 0.25) is 5.91 Å². The van der Waals surface area contributed by atoms with E-state index in [-0.39, 0.29) is 23.6 Å². The third-order valence-electron chi connectivity index (χ3n) is 8.81. The molecular weight excluding hydrogens is 474 g/mol. The molecule has 2 fully saturated rings. The number of carbonyl (C=O) groups is 3. The zero-order valence-electron chi connectivity index (χ0n) is 19.7. The highest BCUT2D eigenvalue weighted by atomic mass is 35.5. The molecule has 3 aromatic rings. The first-order valence-electron chi connectivity index (χ1n) is 12.3. The van der Waals surface area contributed by atoms with E-state index >= 15 is 0 Å². The van der Waals surface area contributed by atoms with Crippen molar-refractivity contribution in [1.82, 2.24) is 4.90 Å². The smallest absolute Gasteiger partial charge is 0.251 e. The highest BCUT2D eigenvalue weighted by Gasteiger charge is 2.81. The van der Waals surface area contributed by atoms with E-state index in [0.717, 1.165) is 24.0 Å². The first-order valence-corrected chi connectivity index (χ1v) is 12.7. The molecule has 7 heteroatoms. The van der Waals surface area contributed by atoms with Crippen LogP contribution in [0.2, 0.25) is 5.02 Å². The Morgan fingerprint density at radius 3 is 2.50 bits per heavy atom. The van der Waals surface area contributed by atoms with E-state index < -0.39 is 16.9 Å². The van der Waals surface area contributed by atoms with E-state index in [9.17, 15) is 14.4 Å². The molecule has 0 unspecified atom stereocenters.